The van der Waals surface area contributed by atoms with Crippen LogP contribution in [0.3, 0.4) is 0 Å². The number of hydrogen-bond donors (Lipinski definition) is 1. The van der Waals surface area contributed by atoms with E-state index in [4.69, 9.17) is 4.74 Å². The summed E-state index contributed by atoms with van der Waals surface area (Å²) in [4.78, 5) is 11.8. The van der Waals surface area contributed by atoms with Crippen LogP contribution in [-0.2, 0) is 4.79 Å². The molecule has 0 bridgehead atoms. The molecule has 2 rings (SSSR count). The van der Waals surface area contributed by atoms with Gasteiger partial charge in [-0.05, 0) is 53.3 Å². The molecule has 0 spiro atoms. The summed E-state index contributed by atoms with van der Waals surface area (Å²) in [5.41, 5.74) is 1.85. The number of halogens is 1. The van der Waals surface area contributed by atoms with Gasteiger partial charge in [-0.1, -0.05) is 30.3 Å². The molecular formula is C15H14INO2. The molecule has 0 saturated heterocycles. The minimum atomic E-state index is -0.158. The zero-order chi connectivity index (χ0) is 13.7. The van der Waals surface area contributed by atoms with Crippen molar-refractivity contribution >= 4 is 34.2 Å². The molecule has 1 amide bonds. The smallest absolute Gasteiger partial charge is 0.262 e. The van der Waals surface area contributed by atoms with Crippen molar-refractivity contribution in [2.24, 2.45) is 0 Å². The minimum Gasteiger partial charge on any atom is -0.483 e. The number of amides is 1. The quantitative estimate of drug-likeness (QED) is 0.839. The Morgan fingerprint density at radius 1 is 1.16 bits per heavy atom. The number of benzene rings is 2. The number of aryl methyl sites for hydroxylation is 1. The van der Waals surface area contributed by atoms with Gasteiger partial charge in [0.1, 0.15) is 5.75 Å². The third-order valence-corrected chi connectivity index (χ3v) is 3.51. The van der Waals surface area contributed by atoms with Gasteiger partial charge in [-0.25, -0.2) is 0 Å². The Morgan fingerprint density at radius 2 is 1.84 bits per heavy atom. The van der Waals surface area contributed by atoms with Crippen LogP contribution in [0.2, 0.25) is 0 Å². The van der Waals surface area contributed by atoms with Gasteiger partial charge in [-0.2, -0.15) is 0 Å². The number of carbonyl (C=O) groups excluding carboxylic acids is 1. The van der Waals surface area contributed by atoms with E-state index in [9.17, 15) is 4.79 Å². The van der Waals surface area contributed by atoms with Crippen LogP contribution < -0.4 is 10.1 Å². The van der Waals surface area contributed by atoms with Crippen molar-refractivity contribution < 1.29 is 9.53 Å². The molecule has 2 aromatic rings. The van der Waals surface area contributed by atoms with Crippen LogP contribution in [0.25, 0.3) is 0 Å². The van der Waals surface area contributed by atoms with Crippen LogP contribution in [0.1, 0.15) is 5.56 Å². The first-order valence-corrected chi connectivity index (χ1v) is 6.97. The summed E-state index contributed by atoms with van der Waals surface area (Å²) < 4.78 is 6.48. The van der Waals surface area contributed by atoms with Gasteiger partial charge in [-0.3, -0.25) is 4.79 Å². The second kappa shape index (κ2) is 6.56. The average molecular weight is 367 g/mol. The molecular weight excluding hydrogens is 353 g/mol. The maximum Gasteiger partial charge on any atom is 0.262 e. The summed E-state index contributed by atoms with van der Waals surface area (Å²) in [5, 5.41) is 2.83. The molecule has 0 fully saturated rings. The van der Waals surface area contributed by atoms with Crippen LogP contribution in [-0.4, -0.2) is 12.5 Å². The lowest BCUT2D eigenvalue weighted by atomic mass is 10.2. The highest BCUT2D eigenvalue weighted by atomic mass is 127. The van der Waals surface area contributed by atoms with Crippen molar-refractivity contribution in [1.82, 2.24) is 0 Å². The van der Waals surface area contributed by atoms with Crippen molar-refractivity contribution in [2.45, 2.75) is 6.92 Å². The van der Waals surface area contributed by atoms with Crippen LogP contribution in [0.4, 0.5) is 5.69 Å². The molecule has 3 nitrogen and oxygen atoms in total. The maximum atomic E-state index is 11.8. The molecule has 4 heteroatoms. The first-order chi connectivity index (χ1) is 9.16. The van der Waals surface area contributed by atoms with E-state index in [2.05, 4.69) is 27.9 Å². The molecule has 0 unspecified atom stereocenters. The molecule has 0 aromatic heterocycles. The summed E-state index contributed by atoms with van der Waals surface area (Å²) in [6.45, 7) is 1.96. The third kappa shape index (κ3) is 3.96. The van der Waals surface area contributed by atoms with E-state index in [-0.39, 0.29) is 12.5 Å². The van der Waals surface area contributed by atoms with E-state index in [1.807, 2.05) is 55.5 Å². The lowest BCUT2D eigenvalue weighted by Gasteiger charge is -2.10. The third-order valence-electron chi connectivity index (χ3n) is 2.61. The zero-order valence-corrected chi connectivity index (χ0v) is 12.7. The lowest BCUT2D eigenvalue weighted by Crippen LogP contribution is -2.20. The fraction of sp³-hybridized carbons (Fsp3) is 0.133. The topological polar surface area (TPSA) is 38.3 Å². The van der Waals surface area contributed by atoms with Crippen LogP contribution >= 0.6 is 22.6 Å². The van der Waals surface area contributed by atoms with E-state index < -0.39 is 0 Å². The highest BCUT2D eigenvalue weighted by Crippen LogP contribution is 2.19. The van der Waals surface area contributed by atoms with Crippen molar-refractivity contribution in [1.29, 1.82) is 0 Å². The molecule has 1 N–H and O–H groups in total. The Balaban J connectivity index is 1.92. The van der Waals surface area contributed by atoms with Crippen molar-refractivity contribution in [3.63, 3.8) is 0 Å². The molecule has 0 radical (unpaired) electrons. The van der Waals surface area contributed by atoms with E-state index in [1.54, 1.807) is 0 Å². The number of carbonyl (C=O) groups is 1. The summed E-state index contributed by atoms with van der Waals surface area (Å²) in [7, 11) is 0. The largest absolute Gasteiger partial charge is 0.483 e. The van der Waals surface area contributed by atoms with Gasteiger partial charge in [-0.15, -0.1) is 0 Å². The Kier molecular flexibility index (Phi) is 4.79. The SMILES string of the molecule is Cc1ccccc1NC(=O)COc1ccccc1I. The van der Waals surface area contributed by atoms with Crippen LogP contribution in [0.15, 0.2) is 48.5 Å². The van der Waals surface area contributed by atoms with Gasteiger partial charge in [0.2, 0.25) is 0 Å². The average Bonchev–Trinajstić information content (AvgIpc) is 2.40. The Hall–Kier alpha value is -1.56. The zero-order valence-electron chi connectivity index (χ0n) is 10.5. The van der Waals surface area contributed by atoms with E-state index in [0.29, 0.717) is 0 Å². The van der Waals surface area contributed by atoms with Gasteiger partial charge >= 0.3 is 0 Å². The summed E-state index contributed by atoms with van der Waals surface area (Å²) in [5.74, 6) is 0.567. The van der Waals surface area contributed by atoms with E-state index >= 15 is 0 Å². The Morgan fingerprint density at radius 3 is 2.58 bits per heavy atom. The molecule has 0 heterocycles. The number of para-hydroxylation sites is 2. The van der Waals surface area contributed by atoms with Crippen LogP contribution in [0.5, 0.6) is 5.75 Å². The van der Waals surface area contributed by atoms with Crippen LogP contribution in [0, 0.1) is 10.5 Å². The monoisotopic (exact) mass is 367 g/mol. The summed E-state index contributed by atoms with van der Waals surface area (Å²) in [6.07, 6.45) is 0. The predicted octanol–water partition coefficient (Wildman–Crippen LogP) is 3.62. The Bertz CT molecular complexity index is 584. The standard InChI is InChI=1S/C15H14INO2/c1-11-6-2-4-8-13(11)17-15(18)10-19-14-9-5-3-7-12(14)16/h2-9H,10H2,1H3,(H,17,18). The van der Waals surface area contributed by atoms with E-state index in [0.717, 1.165) is 20.6 Å². The summed E-state index contributed by atoms with van der Waals surface area (Å²) >= 11 is 2.18. The molecule has 0 saturated carbocycles. The van der Waals surface area contributed by atoms with Crippen molar-refractivity contribution in [3.05, 3.63) is 57.7 Å². The number of hydrogen-bond acceptors (Lipinski definition) is 2. The second-order valence-electron chi connectivity index (χ2n) is 4.08. The fourth-order valence-corrected chi connectivity index (χ4v) is 2.15. The number of anilines is 1. The number of rotatable bonds is 4. The van der Waals surface area contributed by atoms with Gasteiger partial charge in [0.05, 0.1) is 3.57 Å². The first-order valence-electron chi connectivity index (χ1n) is 5.89. The maximum absolute atomic E-state index is 11.8. The first kappa shape index (κ1) is 13.9. The number of nitrogens with one attached hydrogen (secondary N) is 1. The summed E-state index contributed by atoms with van der Waals surface area (Å²) in [6, 6.07) is 15.3. The fourth-order valence-electron chi connectivity index (χ4n) is 1.60. The lowest BCUT2D eigenvalue weighted by molar-refractivity contribution is -0.118. The predicted molar refractivity (Wildman–Crippen MR) is 84.5 cm³/mol. The van der Waals surface area contributed by atoms with Gasteiger partial charge in [0, 0.05) is 5.69 Å². The molecule has 98 valence electrons. The van der Waals surface area contributed by atoms with Gasteiger partial charge < -0.3 is 10.1 Å². The normalized spacial score (nSPS) is 10.0. The highest BCUT2D eigenvalue weighted by Gasteiger charge is 2.06. The highest BCUT2D eigenvalue weighted by molar-refractivity contribution is 14.1. The molecule has 0 aliphatic heterocycles. The van der Waals surface area contributed by atoms with E-state index in [1.165, 1.54) is 0 Å². The number of ether oxygens (including phenoxy) is 1. The second-order valence-corrected chi connectivity index (χ2v) is 5.24. The molecule has 0 aliphatic carbocycles. The minimum absolute atomic E-state index is 0.00828. The molecule has 0 aliphatic rings. The van der Waals surface area contributed by atoms with Crippen molar-refractivity contribution in [3.8, 4) is 5.75 Å². The molecule has 2 aromatic carbocycles. The van der Waals surface area contributed by atoms with Gasteiger partial charge in [0.25, 0.3) is 5.91 Å². The van der Waals surface area contributed by atoms with Crippen molar-refractivity contribution in [2.75, 3.05) is 11.9 Å². The molecule has 0 atom stereocenters. The molecule has 19 heavy (non-hydrogen) atoms. The Labute approximate surface area is 126 Å². The van der Waals surface area contributed by atoms with Gasteiger partial charge in [0.15, 0.2) is 6.61 Å².